The quantitative estimate of drug-likeness (QED) is 0.837. The SMILES string of the molecule is Cc1ccc(S(=O)(=O)N(C)Cc2ccc(C(C)C)cc2)cc1. The van der Waals surface area contributed by atoms with Crippen LogP contribution >= 0.6 is 0 Å². The van der Waals surface area contributed by atoms with Gasteiger partial charge in [0.2, 0.25) is 10.0 Å². The number of nitrogens with zero attached hydrogens (tertiary/aromatic N) is 1. The third kappa shape index (κ3) is 3.76. The lowest BCUT2D eigenvalue weighted by molar-refractivity contribution is 0.466. The summed E-state index contributed by atoms with van der Waals surface area (Å²) in [6.45, 7) is 6.59. The van der Waals surface area contributed by atoms with Crippen molar-refractivity contribution in [1.29, 1.82) is 0 Å². The molecular formula is C18H23NO2S. The fraction of sp³-hybridized carbons (Fsp3) is 0.333. The standard InChI is InChI=1S/C18H23NO2S/c1-14(2)17-9-7-16(8-10-17)13-19(4)22(20,21)18-11-5-15(3)6-12-18/h5-12,14H,13H2,1-4H3. The monoisotopic (exact) mass is 317 g/mol. The molecule has 0 saturated carbocycles. The van der Waals surface area contributed by atoms with E-state index in [0.29, 0.717) is 17.4 Å². The molecule has 4 heteroatoms. The first-order chi connectivity index (χ1) is 10.3. The molecule has 22 heavy (non-hydrogen) atoms. The van der Waals surface area contributed by atoms with Gasteiger partial charge >= 0.3 is 0 Å². The molecule has 0 aliphatic heterocycles. The lowest BCUT2D eigenvalue weighted by Gasteiger charge is -2.18. The van der Waals surface area contributed by atoms with Crippen molar-refractivity contribution in [3.05, 3.63) is 65.2 Å². The summed E-state index contributed by atoms with van der Waals surface area (Å²) in [4.78, 5) is 0.333. The average Bonchev–Trinajstić information content (AvgIpc) is 2.48. The summed E-state index contributed by atoms with van der Waals surface area (Å²) in [7, 11) is -1.83. The maximum absolute atomic E-state index is 12.5. The predicted octanol–water partition coefficient (Wildman–Crippen LogP) is 3.94. The maximum Gasteiger partial charge on any atom is 0.243 e. The smallest absolute Gasteiger partial charge is 0.207 e. The first-order valence-electron chi connectivity index (χ1n) is 7.42. The summed E-state index contributed by atoms with van der Waals surface area (Å²) in [5.41, 5.74) is 3.29. The highest BCUT2D eigenvalue weighted by atomic mass is 32.2. The largest absolute Gasteiger partial charge is 0.243 e. The molecular weight excluding hydrogens is 294 g/mol. The van der Waals surface area contributed by atoms with E-state index >= 15 is 0 Å². The van der Waals surface area contributed by atoms with Gasteiger partial charge in [-0.3, -0.25) is 0 Å². The zero-order valence-corrected chi connectivity index (χ0v) is 14.4. The summed E-state index contributed by atoms with van der Waals surface area (Å²) in [5, 5.41) is 0. The molecule has 0 saturated heterocycles. The molecule has 0 bridgehead atoms. The van der Waals surface area contributed by atoms with E-state index in [1.54, 1.807) is 19.2 Å². The van der Waals surface area contributed by atoms with Crippen LogP contribution in [-0.4, -0.2) is 19.8 Å². The molecule has 2 rings (SSSR count). The fourth-order valence-corrected chi connectivity index (χ4v) is 3.40. The molecule has 0 atom stereocenters. The van der Waals surface area contributed by atoms with Gasteiger partial charge in [0.05, 0.1) is 4.90 Å². The van der Waals surface area contributed by atoms with Crippen molar-refractivity contribution in [2.45, 2.75) is 38.1 Å². The third-order valence-electron chi connectivity index (χ3n) is 3.78. The van der Waals surface area contributed by atoms with Crippen LogP contribution in [0, 0.1) is 6.92 Å². The van der Waals surface area contributed by atoms with Gasteiger partial charge in [-0.2, -0.15) is 4.31 Å². The second kappa shape index (κ2) is 6.63. The number of benzene rings is 2. The highest BCUT2D eigenvalue weighted by molar-refractivity contribution is 7.89. The Morgan fingerprint density at radius 1 is 0.955 bits per heavy atom. The van der Waals surface area contributed by atoms with E-state index in [2.05, 4.69) is 26.0 Å². The summed E-state index contributed by atoms with van der Waals surface area (Å²) in [6, 6.07) is 15.1. The van der Waals surface area contributed by atoms with Crippen LogP contribution < -0.4 is 0 Å². The predicted molar refractivity (Wildman–Crippen MR) is 90.4 cm³/mol. The zero-order valence-electron chi connectivity index (χ0n) is 13.6. The van der Waals surface area contributed by atoms with Gasteiger partial charge in [-0.25, -0.2) is 8.42 Å². The maximum atomic E-state index is 12.5. The zero-order chi connectivity index (χ0) is 16.3. The number of rotatable bonds is 5. The minimum absolute atomic E-state index is 0.333. The van der Waals surface area contributed by atoms with Gasteiger partial charge in [-0.1, -0.05) is 55.8 Å². The molecule has 118 valence electrons. The van der Waals surface area contributed by atoms with Crippen LogP contribution in [0.3, 0.4) is 0 Å². The first-order valence-corrected chi connectivity index (χ1v) is 8.86. The van der Waals surface area contributed by atoms with Crippen molar-refractivity contribution < 1.29 is 8.42 Å². The highest BCUT2D eigenvalue weighted by Gasteiger charge is 2.20. The van der Waals surface area contributed by atoms with E-state index in [4.69, 9.17) is 0 Å². The fourth-order valence-electron chi connectivity index (χ4n) is 2.24. The Balaban J connectivity index is 2.17. The lowest BCUT2D eigenvalue weighted by atomic mass is 10.0. The molecule has 0 fully saturated rings. The van der Waals surface area contributed by atoms with Crippen LogP contribution in [0.5, 0.6) is 0 Å². The van der Waals surface area contributed by atoms with Gasteiger partial charge < -0.3 is 0 Å². The lowest BCUT2D eigenvalue weighted by Crippen LogP contribution is -2.26. The van der Waals surface area contributed by atoms with Crippen LogP contribution in [0.4, 0.5) is 0 Å². The Labute approximate surface area is 133 Å². The summed E-state index contributed by atoms with van der Waals surface area (Å²) in [6.07, 6.45) is 0. The van der Waals surface area contributed by atoms with Crippen LogP contribution in [0.2, 0.25) is 0 Å². The second-order valence-corrected chi connectivity index (χ2v) is 8.02. The molecule has 0 heterocycles. The molecule has 0 aliphatic carbocycles. The van der Waals surface area contributed by atoms with E-state index in [1.807, 2.05) is 31.2 Å². The molecule has 0 radical (unpaired) electrons. The molecule has 0 aliphatic rings. The summed E-state index contributed by atoms with van der Waals surface area (Å²) >= 11 is 0. The van der Waals surface area contributed by atoms with Gasteiger partial charge in [0.15, 0.2) is 0 Å². The van der Waals surface area contributed by atoms with E-state index in [9.17, 15) is 8.42 Å². The minimum Gasteiger partial charge on any atom is -0.207 e. The first kappa shape index (κ1) is 16.7. The number of aryl methyl sites for hydroxylation is 1. The average molecular weight is 317 g/mol. The van der Waals surface area contributed by atoms with Crippen molar-refractivity contribution in [2.24, 2.45) is 0 Å². The minimum atomic E-state index is -3.45. The van der Waals surface area contributed by atoms with Gasteiger partial charge in [-0.15, -0.1) is 0 Å². The van der Waals surface area contributed by atoms with Gasteiger partial charge in [0.1, 0.15) is 0 Å². The molecule has 0 aromatic heterocycles. The number of hydrogen-bond donors (Lipinski definition) is 0. The molecule has 0 amide bonds. The van der Waals surface area contributed by atoms with E-state index in [-0.39, 0.29) is 0 Å². The third-order valence-corrected chi connectivity index (χ3v) is 5.60. The Hall–Kier alpha value is -1.65. The van der Waals surface area contributed by atoms with Gasteiger partial charge in [0.25, 0.3) is 0 Å². The molecule has 2 aromatic rings. The molecule has 2 aromatic carbocycles. The van der Waals surface area contributed by atoms with Crippen molar-refractivity contribution in [3.63, 3.8) is 0 Å². The van der Waals surface area contributed by atoms with Crippen LogP contribution in [-0.2, 0) is 16.6 Å². The van der Waals surface area contributed by atoms with Gasteiger partial charge in [-0.05, 0) is 36.1 Å². The van der Waals surface area contributed by atoms with Crippen LogP contribution in [0.15, 0.2) is 53.4 Å². The Kier molecular flexibility index (Phi) is 5.04. The Morgan fingerprint density at radius 2 is 1.50 bits per heavy atom. The molecule has 0 unspecified atom stereocenters. The summed E-state index contributed by atoms with van der Waals surface area (Å²) in [5.74, 6) is 0.475. The normalized spacial score (nSPS) is 12.1. The Bertz CT molecular complexity index is 717. The topological polar surface area (TPSA) is 37.4 Å². The van der Waals surface area contributed by atoms with E-state index in [0.717, 1.165) is 11.1 Å². The Morgan fingerprint density at radius 3 is 2.00 bits per heavy atom. The number of sulfonamides is 1. The molecule has 0 N–H and O–H groups in total. The van der Waals surface area contributed by atoms with Crippen LogP contribution in [0.1, 0.15) is 36.5 Å². The van der Waals surface area contributed by atoms with Gasteiger partial charge in [0, 0.05) is 13.6 Å². The van der Waals surface area contributed by atoms with E-state index < -0.39 is 10.0 Å². The van der Waals surface area contributed by atoms with Crippen molar-refractivity contribution in [1.82, 2.24) is 4.31 Å². The number of hydrogen-bond acceptors (Lipinski definition) is 2. The van der Waals surface area contributed by atoms with Crippen LogP contribution in [0.25, 0.3) is 0 Å². The van der Waals surface area contributed by atoms with Crippen molar-refractivity contribution >= 4 is 10.0 Å². The van der Waals surface area contributed by atoms with Crippen molar-refractivity contribution in [2.75, 3.05) is 7.05 Å². The molecule has 3 nitrogen and oxygen atoms in total. The highest BCUT2D eigenvalue weighted by Crippen LogP contribution is 2.19. The second-order valence-electron chi connectivity index (χ2n) is 5.97. The van der Waals surface area contributed by atoms with Crippen molar-refractivity contribution in [3.8, 4) is 0 Å². The molecule has 0 spiro atoms. The van der Waals surface area contributed by atoms with E-state index in [1.165, 1.54) is 9.87 Å². The summed E-state index contributed by atoms with van der Waals surface area (Å²) < 4.78 is 26.5.